The van der Waals surface area contributed by atoms with Gasteiger partial charge in [0.15, 0.2) is 11.8 Å². The summed E-state index contributed by atoms with van der Waals surface area (Å²) in [7, 11) is 3.61. The number of rotatable bonds is 6. The third kappa shape index (κ3) is 5.86. The number of nitrogens with zero attached hydrogens (tertiary/aromatic N) is 5. The number of hydrogen-bond acceptors (Lipinski definition) is 7. The van der Waals surface area contributed by atoms with E-state index in [1.807, 2.05) is 32.4 Å². The van der Waals surface area contributed by atoms with Crippen molar-refractivity contribution >= 4 is 47.2 Å². The molecule has 1 atom stereocenters. The molecule has 0 saturated carbocycles. The van der Waals surface area contributed by atoms with Crippen LogP contribution >= 0.6 is 35.3 Å². The van der Waals surface area contributed by atoms with E-state index in [1.165, 1.54) is 11.3 Å². The average Bonchev–Trinajstić information content (AvgIpc) is 3.15. The van der Waals surface area contributed by atoms with E-state index in [4.69, 9.17) is 4.74 Å². The summed E-state index contributed by atoms with van der Waals surface area (Å²) < 4.78 is 6.98. The summed E-state index contributed by atoms with van der Waals surface area (Å²) in [6.45, 7) is 8.30. The van der Waals surface area contributed by atoms with E-state index in [1.54, 1.807) is 14.0 Å². The fourth-order valence-electron chi connectivity index (χ4n) is 2.22. The van der Waals surface area contributed by atoms with E-state index in [0.717, 1.165) is 16.7 Å². The standard InChI is InChI=1S/C16H25N7O2S.HI/c1-7-25-15(24)13-9(2)19-14(26-13)10(3)20-16(17-5)18-8-12-22-21-11(4)23(12)6;/h10H,7-8H2,1-6H3,(H2,17,18,20);1H. The first kappa shape index (κ1) is 23.3. The van der Waals surface area contributed by atoms with E-state index >= 15 is 0 Å². The number of hydrogen-bond donors (Lipinski definition) is 2. The highest BCUT2D eigenvalue weighted by Crippen LogP contribution is 2.24. The van der Waals surface area contributed by atoms with Crippen molar-refractivity contribution in [1.82, 2.24) is 30.4 Å². The highest BCUT2D eigenvalue weighted by molar-refractivity contribution is 14.0. The molecular weight excluding hydrogens is 481 g/mol. The van der Waals surface area contributed by atoms with Crippen LogP contribution in [0.1, 0.15) is 51.9 Å². The number of guanidine groups is 1. The maximum Gasteiger partial charge on any atom is 0.350 e. The monoisotopic (exact) mass is 507 g/mol. The zero-order chi connectivity index (χ0) is 19.3. The number of thiazole rings is 1. The van der Waals surface area contributed by atoms with Crippen LogP contribution < -0.4 is 10.6 Å². The van der Waals surface area contributed by atoms with Gasteiger partial charge in [-0.2, -0.15) is 0 Å². The van der Waals surface area contributed by atoms with Crippen molar-refractivity contribution in [3.63, 3.8) is 0 Å². The number of carbonyl (C=O) groups excluding carboxylic acids is 1. The van der Waals surface area contributed by atoms with Crippen LogP contribution in [0.4, 0.5) is 0 Å². The number of aliphatic imine (C=N–C) groups is 1. The normalized spacial score (nSPS) is 12.3. The van der Waals surface area contributed by atoms with Crippen LogP contribution in [-0.4, -0.2) is 45.3 Å². The van der Waals surface area contributed by atoms with E-state index in [9.17, 15) is 4.79 Å². The number of nitrogens with one attached hydrogen (secondary N) is 2. The Morgan fingerprint density at radius 2 is 2.07 bits per heavy atom. The number of aromatic nitrogens is 4. The van der Waals surface area contributed by atoms with Crippen molar-refractivity contribution in [2.45, 2.75) is 40.3 Å². The molecular formula is C16H26IN7O2S. The smallest absolute Gasteiger partial charge is 0.350 e. The molecule has 2 rings (SSSR count). The molecule has 150 valence electrons. The van der Waals surface area contributed by atoms with E-state index in [0.29, 0.717) is 29.7 Å². The Bertz CT molecular complexity index is 803. The molecule has 0 aliphatic rings. The van der Waals surface area contributed by atoms with Crippen molar-refractivity contribution in [3.8, 4) is 0 Å². The Kier molecular flexibility index (Phi) is 9.09. The first-order chi connectivity index (χ1) is 12.4. The summed E-state index contributed by atoms with van der Waals surface area (Å²) >= 11 is 1.33. The van der Waals surface area contributed by atoms with Gasteiger partial charge in [0.05, 0.1) is 24.9 Å². The molecule has 0 radical (unpaired) electrons. The van der Waals surface area contributed by atoms with Gasteiger partial charge in [-0.05, 0) is 27.7 Å². The lowest BCUT2D eigenvalue weighted by Crippen LogP contribution is -2.38. The van der Waals surface area contributed by atoms with Crippen LogP contribution in [0, 0.1) is 13.8 Å². The van der Waals surface area contributed by atoms with Crippen LogP contribution in [0.5, 0.6) is 0 Å². The highest BCUT2D eigenvalue weighted by Gasteiger charge is 2.20. The molecule has 0 aliphatic carbocycles. The van der Waals surface area contributed by atoms with Crippen LogP contribution in [0.25, 0.3) is 0 Å². The predicted molar refractivity (Wildman–Crippen MR) is 116 cm³/mol. The molecule has 11 heteroatoms. The third-order valence-corrected chi connectivity index (χ3v) is 5.14. The van der Waals surface area contributed by atoms with Gasteiger partial charge < -0.3 is 19.9 Å². The minimum atomic E-state index is -0.332. The van der Waals surface area contributed by atoms with Crippen LogP contribution in [0.15, 0.2) is 4.99 Å². The quantitative estimate of drug-likeness (QED) is 0.267. The second-order valence-electron chi connectivity index (χ2n) is 5.70. The van der Waals surface area contributed by atoms with Crippen molar-refractivity contribution in [2.24, 2.45) is 12.0 Å². The molecule has 0 aliphatic heterocycles. The minimum Gasteiger partial charge on any atom is -0.462 e. The first-order valence-corrected chi connectivity index (χ1v) is 9.15. The van der Waals surface area contributed by atoms with E-state index in [-0.39, 0.29) is 36.0 Å². The Labute approximate surface area is 180 Å². The van der Waals surface area contributed by atoms with Gasteiger partial charge in [-0.1, -0.05) is 0 Å². The van der Waals surface area contributed by atoms with Crippen LogP contribution in [0.2, 0.25) is 0 Å². The summed E-state index contributed by atoms with van der Waals surface area (Å²) in [5, 5.41) is 15.4. The minimum absolute atomic E-state index is 0. The fraction of sp³-hybridized carbons (Fsp3) is 0.562. The molecule has 9 nitrogen and oxygen atoms in total. The molecule has 0 amide bonds. The highest BCUT2D eigenvalue weighted by atomic mass is 127. The summed E-state index contributed by atoms with van der Waals surface area (Å²) in [6.07, 6.45) is 0. The van der Waals surface area contributed by atoms with Crippen molar-refractivity contribution in [2.75, 3.05) is 13.7 Å². The topological polar surface area (TPSA) is 106 Å². The molecule has 2 N–H and O–H groups in total. The van der Waals surface area contributed by atoms with Gasteiger partial charge in [0, 0.05) is 14.1 Å². The molecule has 0 bridgehead atoms. The SMILES string of the molecule is CCOC(=O)c1sc(C(C)NC(=NC)NCc2nnc(C)n2C)nc1C.I. The lowest BCUT2D eigenvalue weighted by Gasteiger charge is -2.16. The van der Waals surface area contributed by atoms with Crippen molar-refractivity contribution < 1.29 is 9.53 Å². The molecule has 2 heterocycles. The molecule has 0 fully saturated rings. The van der Waals surface area contributed by atoms with Crippen LogP contribution in [0.3, 0.4) is 0 Å². The number of esters is 1. The Morgan fingerprint density at radius 1 is 1.37 bits per heavy atom. The number of halogens is 1. The van der Waals surface area contributed by atoms with Crippen LogP contribution in [-0.2, 0) is 18.3 Å². The van der Waals surface area contributed by atoms with E-state index < -0.39 is 0 Å². The lowest BCUT2D eigenvalue weighted by atomic mass is 10.3. The molecule has 0 spiro atoms. The second-order valence-corrected chi connectivity index (χ2v) is 6.73. The molecule has 1 unspecified atom stereocenters. The molecule has 0 aromatic carbocycles. The molecule has 27 heavy (non-hydrogen) atoms. The van der Waals surface area contributed by atoms with Gasteiger partial charge in [0.2, 0.25) is 0 Å². The maximum absolute atomic E-state index is 11.9. The molecule has 2 aromatic rings. The zero-order valence-corrected chi connectivity index (χ0v) is 19.5. The van der Waals surface area contributed by atoms with Gasteiger partial charge in [0.1, 0.15) is 15.7 Å². The number of carbonyl (C=O) groups is 1. The van der Waals surface area contributed by atoms with E-state index in [2.05, 4.69) is 30.8 Å². The molecule has 2 aromatic heterocycles. The Morgan fingerprint density at radius 3 is 2.63 bits per heavy atom. The zero-order valence-electron chi connectivity index (χ0n) is 16.4. The van der Waals surface area contributed by atoms with Gasteiger partial charge in [-0.25, -0.2) is 9.78 Å². The van der Waals surface area contributed by atoms with Gasteiger partial charge in [0.25, 0.3) is 0 Å². The average molecular weight is 507 g/mol. The van der Waals surface area contributed by atoms with Gasteiger partial charge in [-0.15, -0.1) is 45.5 Å². The Balaban J connectivity index is 0.00000364. The fourth-order valence-corrected chi connectivity index (χ4v) is 3.18. The van der Waals surface area contributed by atoms with Crippen molar-refractivity contribution in [1.29, 1.82) is 0 Å². The largest absolute Gasteiger partial charge is 0.462 e. The predicted octanol–water partition coefficient (Wildman–Crippen LogP) is 2.11. The second kappa shape index (κ2) is 10.5. The first-order valence-electron chi connectivity index (χ1n) is 8.33. The number of ether oxygens (including phenoxy) is 1. The summed E-state index contributed by atoms with van der Waals surface area (Å²) in [5.41, 5.74) is 0.676. The Hall–Kier alpha value is -1.76. The van der Waals surface area contributed by atoms with Gasteiger partial charge >= 0.3 is 5.97 Å². The number of aryl methyl sites for hydroxylation is 2. The summed E-state index contributed by atoms with van der Waals surface area (Å²) in [5.74, 6) is 1.94. The lowest BCUT2D eigenvalue weighted by molar-refractivity contribution is 0.0531. The summed E-state index contributed by atoms with van der Waals surface area (Å²) in [6, 6.07) is -0.116. The summed E-state index contributed by atoms with van der Waals surface area (Å²) in [4.78, 5) is 21.2. The van der Waals surface area contributed by atoms with Crippen molar-refractivity contribution in [3.05, 3.63) is 27.2 Å². The van der Waals surface area contributed by atoms with Gasteiger partial charge in [-0.3, -0.25) is 4.99 Å². The third-order valence-electron chi connectivity index (χ3n) is 3.82. The maximum atomic E-state index is 11.9. The molecule has 0 saturated heterocycles.